The number of fused-ring (bicyclic) bond motifs is 5. The van der Waals surface area contributed by atoms with Crippen LogP contribution in [-0.4, -0.2) is 39.3 Å². The second-order valence-electron chi connectivity index (χ2n) is 12.9. The zero-order valence-electron chi connectivity index (χ0n) is 21.8. The maximum Gasteiger partial charge on any atom is 0.143 e. The van der Waals surface area contributed by atoms with Gasteiger partial charge in [-0.2, -0.15) is 0 Å². The molecule has 1 aromatic heterocycles. The van der Waals surface area contributed by atoms with Crippen molar-refractivity contribution in [2.75, 3.05) is 6.61 Å². The Morgan fingerprint density at radius 2 is 1.91 bits per heavy atom. The highest BCUT2D eigenvalue weighted by atomic mass is 16.5. The van der Waals surface area contributed by atoms with Gasteiger partial charge in [0.1, 0.15) is 5.76 Å². The highest BCUT2D eigenvalue weighted by molar-refractivity contribution is 5.29. The second kappa shape index (κ2) is 8.74. The molecule has 0 aromatic carbocycles. The molecule has 4 aliphatic carbocycles. The van der Waals surface area contributed by atoms with E-state index in [1.807, 2.05) is 6.92 Å². The monoisotopic (exact) mass is 471 g/mol. The smallest absolute Gasteiger partial charge is 0.143 e. The van der Waals surface area contributed by atoms with E-state index in [1.54, 1.807) is 0 Å². The van der Waals surface area contributed by atoms with Crippen LogP contribution in [0.5, 0.6) is 0 Å². The van der Waals surface area contributed by atoms with E-state index in [-0.39, 0.29) is 47.4 Å². The molecular weight excluding hydrogens is 426 g/mol. The average molecular weight is 472 g/mol. The summed E-state index contributed by atoms with van der Waals surface area (Å²) >= 11 is 0. The molecule has 0 spiro atoms. The molecule has 34 heavy (non-hydrogen) atoms. The third-order valence-electron chi connectivity index (χ3n) is 11.0. The Morgan fingerprint density at radius 3 is 2.65 bits per heavy atom. The predicted molar refractivity (Wildman–Crippen MR) is 132 cm³/mol. The quantitative estimate of drug-likeness (QED) is 0.516. The number of nitrogens with zero attached hydrogens (tertiary/aromatic N) is 1. The molecule has 1 aromatic rings. The van der Waals surface area contributed by atoms with Gasteiger partial charge in [-0.15, -0.1) is 0 Å². The third kappa shape index (κ3) is 3.64. The number of rotatable bonds is 5. The fraction of sp³-hybridized carbons (Fsp3) is 0.828. The first-order valence-corrected chi connectivity index (χ1v) is 13.7. The van der Waals surface area contributed by atoms with E-state index < -0.39 is 0 Å². The van der Waals surface area contributed by atoms with Gasteiger partial charge < -0.3 is 19.8 Å². The van der Waals surface area contributed by atoms with Crippen molar-refractivity contribution in [1.82, 2.24) is 5.16 Å². The SMILES string of the molecule is Cc1noc([C@@H](C)[C@H]2[C@@H](O)C[C@H]3[C@@H]4CC=C5C[C@@H](O)CC[C@]5(C)[C@H]4CC[C@]23C)c1C[C@@H](C)CO. The van der Waals surface area contributed by atoms with Crippen LogP contribution in [-0.2, 0) is 6.42 Å². The number of aliphatic hydroxyl groups is 3. The van der Waals surface area contributed by atoms with E-state index >= 15 is 0 Å². The van der Waals surface area contributed by atoms with E-state index in [1.165, 1.54) is 12.0 Å². The van der Waals surface area contributed by atoms with Crippen LogP contribution >= 0.6 is 0 Å². The van der Waals surface area contributed by atoms with Crippen LogP contribution in [0.25, 0.3) is 0 Å². The van der Waals surface area contributed by atoms with Crippen LogP contribution in [0.4, 0.5) is 0 Å². The van der Waals surface area contributed by atoms with E-state index in [9.17, 15) is 15.3 Å². The standard InChI is InChI=1S/C29H45NO4/c1-16(15-31)12-22-18(3)30-34-27(22)17(2)26-25(33)14-24-21-7-6-19-13-20(32)8-10-28(19,4)23(21)9-11-29(24,26)5/h6,16-17,20-21,23-26,31-33H,7-15H2,1-5H3/t16-,17+,20+,21-,23+,24+,25+,26+,28+,29+/m1/s1. The van der Waals surface area contributed by atoms with Gasteiger partial charge in [-0.05, 0) is 92.8 Å². The second-order valence-corrected chi connectivity index (χ2v) is 12.9. The molecule has 5 nitrogen and oxygen atoms in total. The Balaban J connectivity index is 1.44. The topological polar surface area (TPSA) is 86.7 Å². The van der Waals surface area contributed by atoms with Gasteiger partial charge in [0, 0.05) is 24.0 Å². The maximum absolute atomic E-state index is 11.5. The van der Waals surface area contributed by atoms with Crippen LogP contribution < -0.4 is 0 Å². The van der Waals surface area contributed by atoms with Crippen molar-refractivity contribution in [3.05, 3.63) is 28.7 Å². The minimum atomic E-state index is -0.330. The van der Waals surface area contributed by atoms with E-state index in [4.69, 9.17) is 4.52 Å². The van der Waals surface area contributed by atoms with Crippen LogP contribution in [0.15, 0.2) is 16.2 Å². The lowest BCUT2D eigenvalue weighted by Crippen LogP contribution is -2.50. The minimum Gasteiger partial charge on any atom is -0.396 e. The molecule has 10 atom stereocenters. The molecule has 5 rings (SSSR count). The van der Waals surface area contributed by atoms with Gasteiger partial charge >= 0.3 is 0 Å². The van der Waals surface area contributed by atoms with E-state index in [2.05, 4.69) is 38.9 Å². The number of aromatic nitrogens is 1. The van der Waals surface area contributed by atoms with E-state index in [0.29, 0.717) is 17.8 Å². The summed E-state index contributed by atoms with van der Waals surface area (Å²) in [6.45, 7) is 11.3. The summed E-state index contributed by atoms with van der Waals surface area (Å²) in [6.07, 6.45) is 9.92. The molecule has 3 N–H and O–H groups in total. The molecule has 5 heteroatoms. The first-order chi connectivity index (χ1) is 16.1. The van der Waals surface area contributed by atoms with Crippen LogP contribution in [0.2, 0.25) is 0 Å². The molecule has 0 aliphatic heterocycles. The van der Waals surface area contributed by atoms with Crippen molar-refractivity contribution in [2.24, 2.45) is 40.4 Å². The fourth-order valence-corrected chi connectivity index (χ4v) is 9.19. The van der Waals surface area contributed by atoms with E-state index in [0.717, 1.165) is 62.0 Å². The lowest BCUT2D eigenvalue weighted by Gasteiger charge is -2.58. The summed E-state index contributed by atoms with van der Waals surface area (Å²) in [7, 11) is 0. The van der Waals surface area contributed by atoms with Gasteiger partial charge in [-0.3, -0.25) is 0 Å². The Morgan fingerprint density at radius 1 is 1.15 bits per heavy atom. The summed E-state index contributed by atoms with van der Waals surface area (Å²) in [4.78, 5) is 0. The number of aliphatic hydroxyl groups excluding tert-OH is 3. The number of aryl methyl sites for hydroxylation is 1. The number of hydrogen-bond donors (Lipinski definition) is 3. The largest absolute Gasteiger partial charge is 0.396 e. The van der Waals surface area contributed by atoms with Crippen molar-refractivity contribution in [2.45, 2.75) is 104 Å². The Bertz CT molecular complexity index is 939. The first-order valence-electron chi connectivity index (χ1n) is 13.7. The molecule has 0 bridgehead atoms. The molecule has 0 unspecified atom stereocenters. The van der Waals surface area contributed by atoms with Crippen LogP contribution in [0.3, 0.4) is 0 Å². The molecule has 190 valence electrons. The molecule has 0 radical (unpaired) electrons. The van der Waals surface area contributed by atoms with Crippen molar-refractivity contribution in [3.8, 4) is 0 Å². The Kier molecular flexibility index (Phi) is 6.30. The predicted octanol–water partition coefficient (Wildman–Crippen LogP) is 5.17. The highest BCUT2D eigenvalue weighted by Crippen LogP contribution is 2.67. The molecule has 1 heterocycles. The average Bonchev–Trinajstić information content (AvgIpc) is 3.29. The molecule has 4 aliphatic rings. The lowest BCUT2D eigenvalue weighted by molar-refractivity contribution is -0.0566. The van der Waals surface area contributed by atoms with Crippen molar-refractivity contribution in [3.63, 3.8) is 0 Å². The summed E-state index contributed by atoms with van der Waals surface area (Å²) in [5.41, 5.74) is 3.83. The van der Waals surface area contributed by atoms with Crippen molar-refractivity contribution >= 4 is 0 Å². The van der Waals surface area contributed by atoms with Gasteiger partial charge in [-0.25, -0.2) is 0 Å². The summed E-state index contributed by atoms with van der Waals surface area (Å²) in [5, 5.41) is 35.7. The van der Waals surface area contributed by atoms with Gasteiger partial charge in [0.05, 0.1) is 17.9 Å². The molecule has 0 amide bonds. The normalized spacial score (nSPS) is 43.5. The van der Waals surface area contributed by atoms with Gasteiger partial charge in [0.2, 0.25) is 0 Å². The minimum absolute atomic E-state index is 0.0798. The van der Waals surface area contributed by atoms with Crippen molar-refractivity contribution in [1.29, 1.82) is 0 Å². The first kappa shape index (κ1) is 24.5. The maximum atomic E-state index is 11.5. The summed E-state index contributed by atoms with van der Waals surface area (Å²) < 4.78 is 5.92. The fourth-order valence-electron chi connectivity index (χ4n) is 9.19. The highest BCUT2D eigenvalue weighted by Gasteiger charge is 2.62. The summed E-state index contributed by atoms with van der Waals surface area (Å²) in [6, 6.07) is 0. The van der Waals surface area contributed by atoms with Crippen LogP contribution in [0.1, 0.15) is 95.6 Å². The zero-order valence-corrected chi connectivity index (χ0v) is 21.8. The molecule has 0 saturated heterocycles. The summed E-state index contributed by atoms with van der Waals surface area (Å²) in [5.74, 6) is 3.12. The van der Waals surface area contributed by atoms with Gasteiger partial charge in [-0.1, -0.05) is 44.5 Å². The molecule has 3 saturated carbocycles. The lowest BCUT2D eigenvalue weighted by atomic mass is 9.47. The molecule has 3 fully saturated rings. The van der Waals surface area contributed by atoms with Crippen LogP contribution in [0, 0.1) is 47.3 Å². The van der Waals surface area contributed by atoms with Gasteiger partial charge in [0.15, 0.2) is 0 Å². The zero-order chi connectivity index (χ0) is 24.4. The Labute approximate surface area is 205 Å². The van der Waals surface area contributed by atoms with Gasteiger partial charge in [0.25, 0.3) is 0 Å². The number of hydrogen-bond acceptors (Lipinski definition) is 5. The molecular formula is C29H45NO4. The third-order valence-corrected chi connectivity index (χ3v) is 11.0. The Hall–Kier alpha value is -1.17. The van der Waals surface area contributed by atoms with Crippen molar-refractivity contribution < 1.29 is 19.8 Å². The number of allylic oxidation sites excluding steroid dienone is 1.